The van der Waals surface area contributed by atoms with Crippen LogP contribution < -0.4 is 18.9 Å². The summed E-state index contributed by atoms with van der Waals surface area (Å²) < 4.78 is 26.1. The van der Waals surface area contributed by atoms with Crippen LogP contribution in [0, 0.1) is 0 Å². The first-order valence-corrected chi connectivity index (χ1v) is 6.74. The Labute approximate surface area is 124 Å². The fraction of sp³-hybridized carbons (Fsp3) is 0.533. The van der Waals surface area contributed by atoms with Crippen LogP contribution in [0.5, 0.6) is 23.0 Å². The molecule has 0 N–H and O–H groups in total. The van der Waals surface area contributed by atoms with Gasteiger partial charge in [-0.25, -0.2) is 0 Å². The van der Waals surface area contributed by atoms with Gasteiger partial charge in [0.25, 0.3) is 0 Å². The Morgan fingerprint density at radius 1 is 1.05 bits per heavy atom. The van der Waals surface area contributed by atoms with Crippen molar-refractivity contribution < 1.29 is 28.5 Å². The minimum atomic E-state index is -0.217. The summed E-state index contributed by atoms with van der Waals surface area (Å²) in [4.78, 5) is 11.2. The zero-order valence-corrected chi connectivity index (χ0v) is 12.9. The van der Waals surface area contributed by atoms with Crippen molar-refractivity contribution in [3.05, 3.63) is 12.1 Å². The molecule has 0 fully saturated rings. The maximum Gasteiger partial charge on any atom is 0.305 e. The molecule has 0 saturated heterocycles. The summed E-state index contributed by atoms with van der Waals surface area (Å²) in [6.07, 6.45) is 0.910. The van der Waals surface area contributed by atoms with E-state index in [1.807, 2.05) is 0 Å². The fourth-order valence-corrected chi connectivity index (χ4v) is 1.78. The van der Waals surface area contributed by atoms with E-state index in [0.29, 0.717) is 49.1 Å². The van der Waals surface area contributed by atoms with Crippen molar-refractivity contribution in [3.63, 3.8) is 0 Å². The van der Waals surface area contributed by atoms with Crippen molar-refractivity contribution in [2.75, 3.05) is 34.5 Å². The Kier molecular flexibility index (Phi) is 7.21. The Bertz CT molecular complexity index is 432. The molecule has 0 bridgehead atoms. The maximum atomic E-state index is 11.2. The molecular formula is C15H22O6. The topological polar surface area (TPSA) is 63.2 Å². The third-order valence-corrected chi connectivity index (χ3v) is 2.74. The molecular weight excluding hydrogens is 276 g/mol. The number of ether oxygens (including phenoxy) is 5. The largest absolute Gasteiger partial charge is 0.493 e. The summed E-state index contributed by atoms with van der Waals surface area (Å²) in [7, 11) is 4.63. The van der Waals surface area contributed by atoms with Crippen molar-refractivity contribution in [3.8, 4) is 23.0 Å². The highest BCUT2D eigenvalue weighted by Gasteiger charge is 2.13. The molecule has 1 aromatic carbocycles. The van der Waals surface area contributed by atoms with Gasteiger partial charge in [-0.05, 0) is 13.3 Å². The van der Waals surface area contributed by atoms with Gasteiger partial charge in [-0.2, -0.15) is 0 Å². The molecule has 0 unspecified atom stereocenters. The molecule has 118 valence electrons. The highest BCUT2D eigenvalue weighted by molar-refractivity contribution is 5.69. The number of hydrogen-bond acceptors (Lipinski definition) is 6. The van der Waals surface area contributed by atoms with Crippen LogP contribution in [0.3, 0.4) is 0 Å². The van der Waals surface area contributed by atoms with Crippen molar-refractivity contribution in [1.29, 1.82) is 0 Å². The van der Waals surface area contributed by atoms with E-state index in [-0.39, 0.29) is 5.97 Å². The quantitative estimate of drug-likeness (QED) is 0.515. The molecule has 1 rings (SSSR count). The lowest BCUT2D eigenvalue weighted by Crippen LogP contribution is -2.07. The molecule has 0 spiro atoms. The third-order valence-electron chi connectivity index (χ3n) is 2.74. The van der Waals surface area contributed by atoms with Crippen LogP contribution in [-0.2, 0) is 9.53 Å². The summed E-state index contributed by atoms with van der Waals surface area (Å²) in [6, 6.07) is 3.43. The Morgan fingerprint density at radius 3 is 2.14 bits per heavy atom. The van der Waals surface area contributed by atoms with Crippen molar-refractivity contribution in [2.45, 2.75) is 19.8 Å². The van der Waals surface area contributed by atoms with E-state index < -0.39 is 0 Å². The lowest BCUT2D eigenvalue weighted by molar-refractivity contribution is -0.143. The van der Waals surface area contributed by atoms with E-state index in [1.54, 1.807) is 40.4 Å². The normalized spacial score (nSPS) is 9.90. The zero-order valence-electron chi connectivity index (χ0n) is 12.9. The summed E-state index contributed by atoms with van der Waals surface area (Å²) in [5.41, 5.74) is 0. The first-order valence-electron chi connectivity index (χ1n) is 6.74. The number of carbonyl (C=O) groups is 1. The van der Waals surface area contributed by atoms with Gasteiger partial charge < -0.3 is 23.7 Å². The summed E-state index contributed by atoms with van der Waals surface area (Å²) >= 11 is 0. The van der Waals surface area contributed by atoms with Gasteiger partial charge in [0.1, 0.15) is 5.75 Å². The Hall–Kier alpha value is -2.11. The lowest BCUT2D eigenvalue weighted by Gasteiger charge is -2.14. The summed E-state index contributed by atoms with van der Waals surface area (Å²) in [5, 5.41) is 0. The molecule has 0 aliphatic carbocycles. The van der Waals surface area contributed by atoms with Crippen LogP contribution in [0.15, 0.2) is 12.1 Å². The predicted octanol–water partition coefficient (Wildman–Crippen LogP) is 2.43. The lowest BCUT2D eigenvalue weighted by atomic mass is 10.2. The van der Waals surface area contributed by atoms with Crippen LogP contribution in [0.4, 0.5) is 0 Å². The van der Waals surface area contributed by atoms with Crippen molar-refractivity contribution in [1.82, 2.24) is 0 Å². The molecule has 1 aromatic rings. The molecule has 0 aromatic heterocycles. The van der Waals surface area contributed by atoms with Crippen LogP contribution in [0.1, 0.15) is 19.8 Å². The smallest absolute Gasteiger partial charge is 0.305 e. The second-order valence-corrected chi connectivity index (χ2v) is 4.12. The molecule has 21 heavy (non-hydrogen) atoms. The van der Waals surface area contributed by atoms with E-state index in [4.69, 9.17) is 23.7 Å². The van der Waals surface area contributed by atoms with Gasteiger partial charge in [0, 0.05) is 18.6 Å². The van der Waals surface area contributed by atoms with Gasteiger partial charge in [0.15, 0.2) is 11.5 Å². The number of carbonyl (C=O) groups excluding carboxylic acids is 1. The van der Waals surface area contributed by atoms with E-state index in [1.165, 1.54) is 0 Å². The average Bonchev–Trinajstić information content (AvgIpc) is 2.50. The average molecular weight is 298 g/mol. The molecule has 0 radical (unpaired) electrons. The van der Waals surface area contributed by atoms with Gasteiger partial charge >= 0.3 is 5.97 Å². The van der Waals surface area contributed by atoms with Gasteiger partial charge in [-0.15, -0.1) is 0 Å². The molecule has 0 amide bonds. The standard InChI is InChI=1S/C15H22O6/c1-5-20-14(16)7-6-8-21-11-9-12(17-2)15(19-4)13(10-11)18-3/h9-10H,5-8H2,1-4H3. The van der Waals surface area contributed by atoms with Crippen molar-refractivity contribution in [2.24, 2.45) is 0 Å². The summed E-state index contributed by atoms with van der Waals surface area (Å²) in [6.45, 7) is 2.58. The third kappa shape index (κ3) is 5.06. The maximum absolute atomic E-state index is 11.2. The number of methoxy groups -OCH3 is 3. The van der Waals surface area contributed by atoms with Crippen molar-refractivity contribution >= 4 is 5.97 Å². The Balaban J connectivity index is 2.61. The van der Waals surface area contributed by atoms with E-state index >= 15 is 0 Å². The number of benzene rings is 1. The van der Waals surface area contributed by atoms with Gasteiger partial charge in [0.2, 0.25) is 5.75 Å². The number of esters is 1. The number of hydrogen-bond donors (Lipinski definition) is 0. The second kappa shape index (κ2) is 8.94. The molecule has 0 saturated carbocycles. The van der Waals surface area contributed by atoms with Gasteiger partial charge in [0.05, 0.1) is 34.5 Å². The van der Waals surface area contributed by atoms with E-state index in [0.717, 1.165) is 0 Å². The minimum absolute atomic E-state index is 0.217. The Morgan fingerprint density at radius 2 is 1.67 bits per heavy atom. The van der Waals surface area contributed by atoms with Crippen LogP contribution >= 0.6 is 0 Å². The molecule has 0 atom stereocenters. The monoisotopic (exact) mass is 298 g/mol. The SMILES string of the molecule is CCOC(=O)CCCOc1cc(OC)c(OC)c(OC)c1. The first-order chi connectivity index (χ1) is 10.2. The highest BCUT2D eigenvalue weighted by atomic mass is 16.5. The molecule has 6 heteroatoms. The summed E-state index contributed by atoms with van der Waals surface area (Å²) in [5.74, 6) is 1.94. The van der Waals surface area contributed by atoms with Gasteiger partial charge in [-0.1, -0.05) is 0 Å². The van der Waals surface area contributed by atoms with Gasteiger partial charge in [-0.3, -0.25) is 4.79 Å². The van der Waals surface area contributed by atoms with Crippen LogP contribution in [0.25, 0.3) is 0 Å². The predicted molar refractivity (Wildman–Crippen MR) is 77.5 cm³/mol. The molecule has 0 aliphatic rings. The molecule has 0 aliphatic heterocycles. The van der Waals surface area contributed by atoms with Crippen LogP contribution in [-0.4, -0.2) is 40.5 Å². The molecule has 0 heterocycles. The number of rotatable bonds is 9. The fourth-order valence-electron chi connectivity index (χ4n) is 1.78. The van der Waals surface area contributed by atoms with E-state index in [2.05, 4.69) is 0 Å². The van der Waals surface area contributed by atoms with E-state index in [9.17, 15) is 4.79 Å². The highest BCUT2D eigenvalue weighted by Crippen LogP contribution is 2.40. The second-order valence-electron chi connectivity index (χ2n) is 4.12. The molecule has 6 nitrogen and oxygen atoms in total. The van der Waals surface area contributed by atoms with Crippen LogP contribution in [0.2, 0.25) is 0 Å². The minimum Gasteiger partial charge on any atom is -0.493 e. The zero-order chi connectivity index (χ0) is 15.7. The first kappa shape index (κ1) is 16.9.